The van der Waals surface area contributed by atoms with Crippen LogP contribution in [0.4, 0.5) is 5.69 Å². The van der Waals surface area contributed by atoms with E-state index in [0.717, 1.165) is 16.8 Å². The summed E-state index contributed by atoms with van der Waals surface area (Å²) in [5, 5.41) is 1.88. The van der Waals surface area contributed by atoms with Crippen molar-refractivity contribution in [3.63, 3.8) is 0 Å². The van der Waals surface area contributed by atoms with E-state index in [1.807, 2.05) is 44.4 Å². The number of hydrogen-bond donors (Lipinski definition) is 0. The maximum absolute atomic E-state index is 12.8. The highest BCUT2D eigenvalue weighted by Gasteiger charge is 2.35. The minimum absolute atomic E-state index is 0.0221. The fraction of sp³-hybridized carbons (Fsp3) is 0.333. The zero-order chi connectivity index (χ0) is 16.6. The van der Waals surface area contributed by atoms with Gasteiger partial charge in [0.05, 0.1) is 4.88 Å². The molecule has 23 heavy (non-hydrogen) atoms. The van der Waals surface area contributed by atoms with Crippen LogP contribution in [0.15, 0.2) is 35.7 Å². The number of thiophene rings is 1. The quantitative estimate of drug-likeness (QED) is 0.849. The van der Waals surface area contributed by atoms with Crippen LogP contribution in [0.3, 0.4) is 0 Å². The molecule has 4 nitrogen and oxygen atoms in total. The van der Waals surface area contributed by atoms with Crippen LogP contribution in [-0.4, -0.2) is 35.8 Å². The Bertz CT molecular complexity index is 719. The molecule has 0 radical (unpaired) electrons. The summed E-state index contributed by atoms with van der Waals surface area (Å²) in [6, 6.07) is 9.35. The number of carbonyl (C=O) groups is 2. The molecule has 0 N–H and O–H groups in total. The molecule has 3 rings (SSSR count). The Morgan fingerprint density at radius 2 is 1.87 bits per heavy atom. The third-order valence-corrected chi connectivity index (χ3v) is 5.02. The van der Waals surface area contributed by atoms with Crippen LogP contribution < -0.4 is 4.90 Å². The molecule has 0 unspecified atom stereocenters. The zero-order valence-corrected chi connectivity index (χ0v) is 14.4. The van der Waals surface area contributed by atoms with Crippen LogP contribution >= 0.6 is 11.3 Å². The summed E-state index contributed by atoms with van der Waals surface area (Å²) < 4.78 is 0. The number of rotatable bonds is 2. The van der Waals surface area contributed by atoms with E-state index in [2.05, 4.69) is 6.07 Å². The summed E-state index contributed by atoms with van der Waals surface area (Å²) in [4.78, 5) is 29.5. The molecule has 1 fully saturated rings. The number of piperazine rings is 1. The third-order valence-electron chi connectivity index (χ3n) is 4.17. The second-order valence-electron chi connectivity index (χ2n) is 5.99. The lowest BCUT2D eigenvalue weighted by atomic mass is 10.1. The predicted octanol–water partition coefficient (Wildman–Crippen LogP) is 3.24. The largest absolute Gasteiger partial charge is 0.324 e. The number of amides is 2. The molecule has 1 aromatic heterocycles. The van der Waals surface area contributed by atoms with Crippen LogP contribution in [0.1, 0.15) is 27.7 Å². The Morgan fingerprint density at radius 3 is 2.48 bits per heavy atom. The second-order valence-corrected chi connectivity index (χ2v) is 6.94. The molecule has 1 saturated heterocycles. The summed E-state index contributed by atoms with van der Waals surface area (Å²) in [7, 11) is 0. The van der Waals surface area contributed by atoms with Crippen molar-refractivity contribution in [1.29, 1.82) is 0 Å². The van der Waals surface area contributed by atoms with E-state index in [-0.39, 0.29) is 11.8 Å². The number of anilines is 1. The van der Waals surface area contributed by atoms with Crippen molar-refractivity contribution < 1.29 is 9.59 Å². The van der Waals surface area contributed by atoms with Crippen molar-refractivity contribution in [3.8, 4) is 0 Å². The van der Waals surface area contributed by atoms with E-state index in [9.17, 15) is 9.59 Å². The first kappa shape index (κ1) is 15.7. The first-order valence-corrected chi connectivity index (χ1v) is 8.59. The van der Waals surface area contributed by atoms with Crippen LogP contribution in [0.5, 0.6) is 0 Å². The van der Waals surface area contributed by atoms with E-state index in [1.54, 1.807) is 15.9 Å². The van der Waals surface area contributed by atoms with Crippen molar-refractivity contribution in [2.24, 2.45) is 0 Å². The molecule has 1 aliphatic rings. The topological polar surface area (TPSA) is 40.6 Å². The highest BCUT2D eigenvalue weighted by Crippen LogP contribution is 2.24. The van der Waals surface area contributed by atoms with Gasteiger partial charge in [-0.1, -0.05) is 12.1 Å². The van der Waals surface area contributed by atoms with Gasteiger partial charge < -0.3 is 9.80 Å². The van der Waals surface area contributed by atoms with E-state index in [0.29, 0.717) is 18.0 Å². The monoisotopic (exact) mass is 328 g/mol. The average Bonchev–Trinajstić information content (AvgIpc) is 3.02. The average molecular weight is 328 g/mol. The minimum Gasteiger partial charge on any atom is -0.324 e. The molecular formula is C18H20N2O2S. The molecule has 1 aliphatic heterocycles. The fourth-order valence-corrected chi connectivity index (χ4v) is 3.73. The molecule has 5 heteroatoms. The van der Waals surface area contributed by atoms with Gasteiger partial charge in [0, 0.05) is 18.8 Å². The van der Waals surface area contributed by atoms with Gasteiger partial charge in [-0.05, 0) is 55.5 Å². The van der Waals surface area contributed by atoms with Gasteiger partial charge in [-0.15, -0.1) is 11.3 Å². The molecule has 2 amide bonds. The number of hydrogen-bond acceptors (Lipinski definition) is 3. The molecule has 2 aromatic rings. The predicted molar refractivity (Wildman–Crippen MR) is 93.1 cm³/mol. The first-order chi connectivity index (χ1) is 11.0. The van der Waals surface area contributed by atoms with E-state index in [1.165, 1.54) is 11.3 Å². The number of nitrogens with zero attached hydrogens (tertiary/aromatic N) is 2. The lowest BCUT2D eigenvalue weighted by Crippen LogP contribution is -2.57. The minimum atomic E-state index is -0.445. The van der Waals surface area contributed by atoms with Crippen molar-refractivity contribution in [1.82, 2.24) is 4.90 Å². The standard InChI is InChI=1S/C18H20N2O2S/c1-12-9-13(2)11-15(10-12)20-7-6-19(14(3)17(20)21)18(22)16-5-4-8-23-16/h4-5,8-11,14H,6-7H2,1-3H3/t14-/m0/s1. The molecule has 0 bridgehead atoms. The van der Waals surface area contributed by atoms with Crippen LogP contribution in [0.25, 0.3) is 0 Å². The lowest BCUT2D eigenvalue weighted by molar-refractivity contribution is -0.124. The normalized spacial score (nSPS) is 18.4. The third kappa shape index (κ3) is 3.01. The molecule has 0 saturated carbocycles. The van der Waals surface area contributed by atoms with Gasteiger partial charge >= 0.3 is 0 Å². The van der Waals surface area contributed by atoms with E-state index in [4.69, 9.17) is 0 Å². The van der Waals surface area contributed by atoms with Gasteiger partial charge in [0.25, 0.3) is 5.91 Å². The van der Waals surface area contributed by atoms with Gasteiger partial charge in [0.1, 0.15) is 6.04 Å². The molecular weight excluding hydrogens is 308 g/mol. The highest BCUT2D eigenvalue weighted by molar-refractivity contribution is 7.12. The summed E-state index contributed by atoms with van der Waals surface area (Å²) in [6.45, 7) is 6.95. The molecule has 1 aromatic carbocycles. The van der Waals surface area contributed by atoms with E-state index >= 15 is 0 Å². The maximum Gasteiger partial charge on any atom is 0.264 e. The molecule has 2 heterocycles. The SMILES string of the molecule is Cc1cc(C)cc(N2CCN(C(=O)c3cccs3)[C@@H](C)C2=O)c1. The molecule has 120 valence electrons. The van der Waals surface area contributed by atoms with Gasteiger partial charge in [-0.3, -0.25) is 9.59 Å². The van der Waals surface area contributed by atoms with Gasteiger partial charge in [0.15, 0.2) is 0 Å². The summed E-state index contributed by atoms with van der Waals surface area (Å²) in [5.74, 6) is -0.0768. The summed E-state index contributed by atoms with van der Waals surface area (Å²) in [6.07, 6.45) is 0. The van der Waals surface area contributed by atoms with Crippen molar-refractivity contribution in [2.45, 2.75) is 26.8 Å². The summed E-state index contributed by atoms with van der Waals surface area (Å²) in [5.41, 5.74) is 3.19. The first-order valence-electron chi connectivity index (χ1n) is 7.71. The van der Waals surface area contributed by atoms with Crippen LogP contribution in [-0.2, 0) is 4.79 Å². The Labute approximate surface area is 140 Å². The second kappa shape index (κ2) is 6.16. The lowest BCUT2D eigenvalue weighted by Gasteiger charge is -2.39. The Hall–Kier alpha value is -2.14. The molecule has 0 spiro atoms. The smallest absolute Gasteiger partial charge is 0.264 e. The zero-order valence-electron chi connectivity index (χ0n) is 13.6. The molecule has 0 aliphatic carbocycles. The van der Waals surface area contributed by atoms with Crippen molar-refractivity contribution in [3.05, 3.63) is 51.7 Å². The van der Waals surface area contributed by atoms with Crippen LogP contribution in [0, 0.1) is 13.8 Å². The van der Waals surface area contributed by atoms with Crippen molar-refractivity contribution >= 4 is 28.8 Å². The van der Waals surface area contributed by atoms with Gasteiger partial charge in [-0.25, -0.2) is 0 Å². The number of aryl methyl sites for hydroxylation is 2. The maximum atomic E-state index is 12.8. The number of carbonyl (C=O) groups excluding carboxylic acids is 2. The van der Waals surface area contributed by atoms with Gasteiger partial charge in [0.2, 0.25) is 5.91 Å². The Morgan fingerprint density at radius 1 is 1.17 bits per heavy atom. The van der Waals surface area contributed by atoms with Crippen molar-refractivity contribution in [2.75, 3.05) is 18.0 Å². The Kier molecular flexibility index (Phi) is 4.22. The Balaban J connectivity index is 1.82. The fourth-order valence-electron chi connectivity index (χ4n) is 3.05. The van der Waals surface area contributed by atoms with Crippen LogP contribution in [0.2, 0.25) is 0 Å². The molecule has 1 atom stereocenters. The van der Waals surface area contributed by atoms with Gasteiger partial charge in [-0.2, -0.15) is 0 Å². The van der Waals surface area contributed by atoms with E-state index < -0.39 is 6.04 Å². The summed E-state index contributed by atoms with van der Waals surface area (Å²) >= 11 is 1.41. The number of benzene rings is 1. The highest BCUT2D eigenvalue weighted by atomic mass is 32.1.